The molecule has 4 heteroatoms. The van der Waals surface area contributed by atoms with Gasteiger partial charge < -0.3 is 15.0 Å². The Balaban J connectivity index is 2.14. The highest BCUT2D eigenvalue weighted by molar-refractivity contribution is 5.76. The fraction of sp³-hybridized carbons (Fsp3) is 0.500. The average Bonchev–Trinajstić information content (AvgIpc) is 2.56. The van der Waals surface area contributed by atoms with Crippen LogP contribution in [0, 0.1) is 0 Å². The number of nitrogens with two attached hydrogens (primary N) is 1. The van der Waals surface area contributed by atoms with E-state index in [1.807, 2.05) is 17.9 Å². The Morgan fingerprint density at radius 3 is 2.67 bits per heavy atom. The highest BCUT2D eigenvalue weighted by Crippen LogP contribution is 2.41. The molecule has 0 saturated carbocycles. The number of hydrogen-bond acceptors (Lipinski definition) is 3. The number of imidazole rings is 1. The maximum absolute atomic E-state index is 6.35. The van der Waals surface area contributed by atoms with Crippen molar-refractivity contribution in [1.29, 1.82) is 0 Å². The van der Waals surface area contributed by atoms with Gasteiger partial charge in [0.25, 0.3) is 0 Å². The second-order valence-corrected chi connectivity index (χ2v) is 5.86. The second kappa shape index (κ2) is 3.56. The summed E-state index contributed by atoms with van der Waals surface area (Å²) in [5.41, 5.74) is 9.36. The third-order valence-corrected chi connectivity index (χ3v) is 4.21. The molecule has 1 aromatic carbocycles. The molecule has 1 aromatic heterocycles. The van der Waals surface area contributed by atoms with Crippen LogP contribution in [0.15, 0.2) is 24.5 Å². The van der Waals surface area contributed by atoms with Gasteiger partial charge >= 0.3 is 0 Å². The van der Waals surface area contributed by atoms with Crippen LogP contribution in [0.4, 0.5) is 0 Å². The lowest BCUT2D eigenvalue weighted by Gasteiger charge is -2.51. The van der Waals surface area contributed by atoms with E-state index in [0.29, 0.717) is 13.2 Å². The smallest absolute Gasteiger partial charge is 0.0955 e. The standard InChI is InChI=1S/C14H19N3O/c1-13(2,15)14(7-18-8-14)10-4-5-12-11(6-10)16-9-17(12)3/h4-6,9H,7-8,15H2,1-3H3. The van der Waals surface area contributed by atoms with Crippen molar-refractivity contribution >= 4 is 11.0 Å². The van der Waals surface area contributed by atoms with E-state index in [2.05, 4.69) is 37.0 Å². The second-order valence-electron chi connectivity index (χ2n) is 5.86. The zero-order valence-corrected chi connectivity index (χ0v) is 11.1. The molecule has 1 aliphatic rings. The molecule has 1 aliphatic heterocycles. The number of hydrogen-bond donors (Lipinski definition) is 1. The molecule has 1 saturated heterocycles. The molecule has 4 nitrogen and oxygen atoms in total. The van der Waals surface area contributed by atoms with E-state index >= 15 is 0 Å². The summed E-state index contributed by atoms with van der Waals surface area (Å²) in [6.07, 6.45) is 1.84. The number of ether oxygens (including phenoxy) is 1. The molecule has 96 valence electrons. The Labute approximate surface area is 107 Å². The lowest BCUT2D eigenvalue weighted by molar-refractivity contribution is -0.0918. The fourth-order valence-electron chi connectivity index (χ4n) is 2.65. The first-order chi connectivity index (χ1) is 8.44. The van der Waals surface area contributed by atoms with E-state index in [9.17, 15) is 0 Å². The highest BCUT2D eigenvalue weighted by atomic mass is 16.5. The third kappa shape index (κ3) is 1.42. The van der Waals surface area contributed by atoms with Gasteiger partial charge in [-0.05, 0) is 31.5 Å². The van der Waals surface area contributed by atoms with Crippen LogP contribution in [-0.2, 0) is 17.2 Å². The first-order valence-electron chi connectivity index (χ1n) is 6.22. The Morgan fingerprint density at radius 1 is 1.39 bits per heavy atom. The predicted octanol–water partition coefficient (Wildman–Crippen LogP) is 1.58. The van der Waals surface area contributed by atoms with Crippen LogP contribution in [0.2, 0.25) is 0 Å². The van der Waals surface area contributed by atoms with Crippen LogP contribution in [0.25, 0.3) is 11.0 Å². The first-order valence-corrected chi connectivity index (χ1v) is 6.22. The molecule has 0 spiro atoms. The number of fused-ring (bicyclic) bond motifs is 1. The van der Waals surface area contributed by atoms with Gasteiger partial charge in [0.15, 0.2) is 0 Å². The lowest BCUT2D eigenvalue weighted by atomic mass is 9.66. The molecule has 0 amide bonds. The first kappa shape index (κ1) is 11.7. The Kier molecular flexibility index (Phi) is 2.31. The molecule has 1 fully saturated rings. The molecule has 3 rings (SSSR count). The number of rotatable bonds is 2. The molecule has 0 bridgehead atoms. The lowest BCUT2D eigenvalue weighted by Crippen LogP contribution is -2.64. The van der Waals surface area contributed by atoms with E-state index in [1.165, 1.54) is 5.56 Å². The largest absolute Gasteiger partial charge is 0.379 e. The maximum atomic E-state index is 6.35. The molecular weight excluding hydrogens is 226 g/mol. The molecule has 0 unspecified atom stereocenters. The summed E-state index contributed by atoms with van der Waals surface area (Å²) < 4.78 is 7.46. The van der Waals surface area contributed by atoms with Crippen LogP contribution < -0.4 is 5.73 Å². The fourth-order valence-corrected chi connectivity index (χ4v) is 2.65. The van der Waals surface area contributed by atoms with Crippen molar-refractivity contribution in [1.82, 2.24) is 9.55 Å². The van der Waals surface area contributed by atoms with E-state index in [-0.39, 0.29) is 11.0 Å². The minimum absolute atomic E-state index is 0.0846. The average molecular weight is 245 g/mol. The molecular formula is C14H19N3O. The van der Waals surface area contributed by atoms with Gasteiger partial charge in [0.05, 0.1) is 36.0 Å². The number of aryl methyl sites for hydroxylation is 1. The van der Waals surface area contributed by atoms with Crippen molar-refractivity contribution in [2.24, 2.45) is 12.8 Å². The molecule has 2 N–H and O–H groups in total. The number of nitrogens with zero attached hydrogens (tertiary/aromatic N) is 2. The normalized spacial score (nSPS) is 18.9. The van der Waals surface area contributed by atoms with Gasteiger partial charge in [-0.1, -0.05) is 6.07 Å². The Morgan fingerprint density at radius 2 is 2.11 bits per heavy atom. The van der Waals surface area contributed by atoms with Gasteiger partial charge in [0, 0.05) is 12.6 Å². The Hall–Kier alpha value is -1.39. The summed E-state index contributed by atoms with van der Waals surface area (Å²) >= 11 is 0. The van der Waals surface area contributed by atoms with Crippen LogP contribution in [-0.4, -0.2) is 28.3 Å². The van der Waals surface area contributed by atoms with Crippen LogP contribution >= 0.6 is 0 Å². The zero-order valence-electron chi connectivity index (χ0n) is 11.1. The third-order valence-electron chi connectivity index (χ3n) is 4.21. The Bertz CT molecular complexity index is 591. The van der Waals surface area contributed by atoms with E-state index in [1.54, 1.807) is 0 Å². The van der Waals surface area contributed by atoms with Crippen molar-refractivity contribution in [2.45, 2.75) is 24.8 Å². The summed E-state index contributed by atoms with van der Waals surface area (Å²) in [4.78, 5) is 4.41. The van der Waals surface area contributed by atoms with E-state index in [0.717, 1.165) is 11.0 Å². The van der Waals surface area contributed by atoms with Crippen molar-refractivity contribution in [3.8, 4) is 0 Å². The van der Waals surface area contributed by atoms with Crippen molar-refractivity contribution in [3.05, 3.63) is 30.1 Å². The van der Waals surface area contributed by atoms with Crippen LogP contribution in [0.5, 0.6) is 0 Å². The summed E-state index contributed by atoms with van der Waals surface area (Å²) in [7, 11) is 2.00. The van der Waals surface area contributed by atoms with Gasteiger partial charge in [-0.25, -0.2) is 4.98 Å². The van der Waals surface area contributed by atoms with Crippen LogP contribution in [0.3, 0.4) is 0 Å². The molecule has 2 aromatic rings. The minimum atomic E-state index is -0.298. The topological polar surface area (TPSA) is 53.1 Å². The van der Waals surface area contributed by atoms with Gasteiger partial charge in [0.2, 0.25) is 0 Å². The molecule has 18 heavy (non-hydrogen) atoms. The highest BCUT2D eigenvalue weighted by Gasteiger charge is 2.50. The molecule has 0 radical (unpaired) electrons. The summed E-state index contributed by atoms with van der Waals surface area (Å²) in [5, 5.41) is 0. The quantitative estimate of drug-likeness (QED) is 0.874. The van der Waals surface area contributed by atoms with E-state index < -0.39 is 0 Å². The summed E-state index contributed by atoms with van der Waals surface area (Å²) in [6, 6.07) is 6.41. The van der Waals surface area contributed by atoms with Crippen molar-refractivity contribution < 1.29 is 4.74 Å². The molecule has 2 heterocycles. The van der Waals surface area contributed by atoms with Gasteiger partial charge in [-0.3, -0.25) is 0 Å². The van der Waals surface area contributed by atoms with Crippen molar-refractivity contribution in [2.75, 3.05) is 13.2 Å². The predicted molar refractivity (Wildman–Crippen MR) is 71.5 cm³/mol. The van der Waals surface area contributed by atoms with Gasteiger partial charge in [-0.15, -0.1) is 0 Å². The maximum Gasteiger partial charge on any atom is 0.0955 e. The monoisotopic (exact) mass is 245 g/mol. The molecule has 0 atom stereocenters. The van der Waals surface area contributed by atoms with Gasteiger partial charge in [-0.2, -0.15) is 0 Å². The van der Waals surface area contributed by atoms with E-state index in [4.69, 9.17) is 10.5 Å². The summed E-state index contributed by atoms with van der Waals surface area (Å²) in [5.74, 6) is 0. The minimum Gasteiger partial charge on any atom is -0.379 e. The van der Waals surface area contributed by atoms with Crippen LogP contribution in [0.1, 0.15) is 19.4 Å². The zero-order chi connectivity index (χ0) is 13.0. The SMILES string of the molecule is Cn1cnc2cc(C3(C(C)(C)N)COC3)ccc21. The number of aromatic nitrogens is 2. The number of benzene rings is 1. The molecule has 0 aliphatic carbocycles. The summed E-state index contributed by atoms with van der Waals surface area (Å²) in [6.45, 7) is 5.51. The van der Waals surface area contributed by atoms with Crippen molar-refractivity contribution in [3.63, 3.8) is 0 Å². The van der Waals surface area contributed by atoms with Gasteiger partial charge in [0.1, 0.15) is 0 Å².